The minimum absolute atomic E-state index is 0.0658. The molecule has 1 unspecified atom stereocenters. The second kappa shape index (κ2) is 5.60. The highest BCUT2D eigenvalue weighted by molar-refractivity contribution is 5.81. The molecular formula is C17H16FN3O. The summed E-state index contributed by atoms with van der Waals surface area (Å²) in [5, 5.41) is 5.33. The van der Waals surface area contributed by atoms with Gasteiger partial charge in [-0.1, -0.05) is 13.0 Å². The molecule has 0 radical (unpaired) electrons. The molecule has 0 spiro atoms. The van der Waals surface area contributed by atoms with Crippen molar-refractivity contribution < 1.29 is 9.18 Å². The third kappa shape index (κ3) is 2.70. The van der Waals surface area contributed by atoms with E-state index < -0.39 is 0 Å². The van der Waals surface area contributed by atoms with Crippen molar-refractivity contribution in [2.75, 3.05) is 0 Å². The predicted molar refractivity (Wildman–Crippen MR) is 83.3 cm³/mol. The number of halogens is 1. The average Bonchev–Trinajstić information content (AvgIpc) is 2.90. The molecule has 22 heavy (non-hydrogen) atoms. The lowest BCUT2D eigenvalue weighted by molar-refractivity contribution is -0.118. The van der Waals surface area contributed by atoms with E-state index in [2.05, 4.69) is 5.10 Å². The van der Waals surface area contributed by atoms with Gasteiger partial charge in [-0.05, 0) is 47.9 Å². The third-order valence-corrected chi connectivity index (χ3v) is 3.74. The Bertz CT molecular complexity index is 824. The highest BCUT2D eigenvalue weighted by Crippen LogP contribution is 2.25. The molecular weight excluding hydrogens is 281 g/mol. The monoisotopic (exact) mass is 297 g/mol. The average molecular weight is 297 g/mol. The van der Waals surface area contributed by atoms with Gasteiger partial charge in [0.2, 0.25) is 5.91 Å². The van der Waals surface area contributed by atoms with E-state index >= 15 is 0 Å². The van der Waals surface area contributed by atoms with Gasteiger partial charge < -0.3 is 5.73 Å². The number of rotatable bonds is 4. The van der Waals surface area contributed by atoms with Crippen molar-refractivity contribution in [3.8, 4) is 5.69 Å². The Kier molecular flexibility index (Phi) is 3.63. The van der Waals surface area contributed by atoms with E-state index in [1.807, 2.05) is 25.1 Å². The maximum absolute atomic E-state index is 13.0. The zero-order valence-corrected chi connectivity index (χ0v) is 12.2. The van der Waals surface area contributed by atoms with Crippen LogP contribution in [0.25, 0.3) is 16.6 Å². The number of primary amides is 1. The Morgan fingerprint density at radius 3 is 2.68 bits per heavy atom. The number of carbonyl (C=O) groups is 1. The zero-order chi connectivity index (χ0) is 15.7. The van der Waals surface area contributed by atoms with Gasteiger partial charge in [0, 0.05) is 11.8 Å². The van der Waals surface area contributed by atoms with E-state index in [0.717, 1.165) is 22.2 Å². The molecule has 0 aliphatic heterocycles. The first-order valence-corrected chi connectivity index (χ1v) is 7.06. The highest BCUT2D eigenvalue weighted by Gasteiger charge is 2.11. The fourth-order valence-electron chi connectivity index (χ4n) is 2.57. The Labute approximate surface area is 127 Å². The standard InChI is InChI=1S/C17H16FN3O/c1-11(8-17(19)22)12-2-7-16-13(9-12)10-20-21(16)15-5-3-14(18)4-6-15/h2-7,9-11H,8H2,1H3,(H2,19,22). The summed E-state index contributed by atoms with van der Waals surface area (Å²) in [6.45, 7) is 1.97. The second-order valence-corrected chi connectivity index (χ2v) is 5.42. The van der Waals surface area contributed by atoms with Crippen LogP contribution in [0.4, 0.5) is 4.39 Å². The van der Waals surface area contributed by atoms with Crippen LogP contribution in [0.2, 0.25) is 0 Å². The summed E-state index contributed by atoms with van der Waals surface area (Å²) in [7, 11) is 0. The summed E-state index contributed by atoms with van der Waals surface area (Å²) >= 11 is 0. The lowest BCUT2D eigenvalue weighted by Gasteiger charge is -2.10. The largest absolute Gasteiger partial charge is 0.370 e. The number of nitrogens with two attached hydrogens (primary N) is 1. The van der Waals surface area contributed by atoms with Crippen molar-refractivity contribution in [1.29, 1.82) is 0 Å². The minimum atomic E-state index is -0.311. The molecule has 0 aliphatic carbocycles. The molecule has 112 valence electrons. The first-order valence-electron chi connectivity index (χ1n) is 7.06. The molecule has 0 bridgehead atoms. The Morgan fingerprint density at radius 1 is 1.27 bits per heavy atom. The van der Waals surface area contributed by atoms with Gasteiger partial charge >= 0.3 is 0 Å². The first kappa shape index (κ1) is 14.3. The van der Waals surface area contributed by atoms with Crippen LogP contribution in [0.15, 0.2) is 48.7 Å². The molecule has 3 aromatic rings. The lowest BCUT2D eigenvalue weighted by Crippen LogP contribution is -2.13. The summed E-state index contributed by atoms with van der Waals surface area (Å²) < 4.78 is 14.8. The smallest absolute Gasteiger partial charge is 0.218 e. The fraction of sp³-hybridized carbons (Fsp3) is 0.176. The van der Waals surface area contributed by atoms with Gasteiger partial charge in [-0.25, -0.2) is 9.07 Å². The number of aromatic nitrogens is 2. The quantitative estimate of drug-likeness (QED) is 0.804. The molecule has 1 atom stereocenters. The number of hydrogen-bond acceptors (Lipinski definition) is 2. The summed E-state index contributed by atoms with van der Waals surface area (Å²) in [5.74, 6) is -0.520. The van der Waals surface area contributed by atoms with Crippen LogP contribution in [0, 0.1) is 5.82 Å². The first-order chi connectivity index (χ1) is 10.5. The van der Waals surface area contributed by atoms with E-state index in [1.54, 1.807) is 23.0 Å². The normalized spacial score (nSPS) is 12.5. The summed E-state index contributed by atoms with van der Waals surface area (Å²) in [4.78, 5) is 11.0. The molecule has 4 nitrogen and oxygen atoms in total. The Hall–Kier alpha value is -2.69. The molecule has 1 heterocycles. The van der Waals surface area contributed by atoms with Gasteiger partial charge in [0.05, 0.1) is 17.4 Å². The Balaban J connectivity index is 1.99. The van der Waals surface area contributed by atoms with E-state index in [0.29, 0.717) is 6.42 Å². The van der Waals surface area contributed by atoms with Crippen molar-refractivity contribution >= 4 is 16.8 Å². The van der Waals surface area contributed by atoms with Crippen LogP contribution >= 0.6 is 0 Å². The van der Waals surface area contributed by atoms with Gasteiger partial charge in [0.15, 0.2) is 0 Å². The van der Waals surface area contributed by atoms with E-state index in [1.165, 1.54) is 12.1 Å². The van der Waals surface area contributed by atoms with Gasteiger partial charge in [0.1, 0.15) is 5.82 Å². The van der Waals surface area contributed by atoms with E-state index in [9.17, 15) is 9.18 Å². The summed E-state index contributed by atoms with van der Waals surface area (Å²) in [6, 6.07) is 12.1. The van der Waals surface area contributed by atoms with Crippen LogP contribution in [-0.2, 0) is 4.79 Å². The number of carbonyl (C=O) groups excluding carboxylic acids is 1. The van der Waals surface area contributed by atoms with Gasteiger partial charge in [-0.2, -0.15) is 5.10 Å². The van der Waals surface area contributed by atoms with Crippen molar-refractivity contribution in [2.45, 2.75) is 19.3 Å². The summed E-state index contributed by atoms with van der Waals surface area (Å²) in [5.41, 5.74) is 8.03. The van der Waals surface area contributed by atoms with Crippen molar-refractivity contribution in [2.24, 2.45) is 5.73 Å². The number of nitrogens with zero attached hydrogens (tertiary/aromatic N) is 2. The van der Waals surface area contributed by atoms with Crippen molar-refractivity contribution in [3.63, 3.8) is 0 Å². The zero-order valence-electron chi connectivity index (χ0n) is 12.2. The van der Waals surface area contributed by atoms with Gasteiger partial charge in [0.25, 0.3) is 0 Å². The van der Waals surface area contributed by atoms with Gasteiger partial charge in [-0.3, -0.25) is 4.79 Å². The number of amides is 1. The maximum Gasteiger partial charge on any atom is 0.218 e. The van der Waals surface area contributed by atoms with Crippen LogP contribution in [0.5, 0.6) is 0 Å². The SMILES string of the molecule is CC(CC(N)=O)c1ccc2c(cnn2-c2ccc(F)cc2)c1. The maximum atomic E-state index is 13.0. The topological polar surface area (TPSA) is 60.9 Å². The number of fused-ring (bicyclic) bond motifs is 1. The molecule has 0 fully saturated rings. The van der Waals surface area contributed by atoms with E-state index in [-0.39, 0.29) is 17.6 Å². The van der Waals surface area contributed by atoms with Crippen LogP contribution in [-0.4, -0.2) is 15.7 Å². The van der Waals surface area contributed by atoms with Crippen molar-refractivity contribution in [3.05, 3.63) is 60.0 Å². The van der Waals surface area contributed by atoms with Crippen LogP contribution in [0.1, 0.15) is 24.8 Å². The molecule has 0 aliphatic rings. The molecule has 0 saturated carbocycles. The van der Waals surface area contributed by atoms with Crippen molar-refractivity contribution in [1.82, 2.24) is 9.78 Å². The lowest BCUT2D eigenvalue weighted by atomic mass is 9.96. The number of hydrogen-bond donors (Lipinski definition) is 1. The second-order valence-electron chi connectivity index (χ2n) is 5.42. The molecule has 2 aromatic carbocycles. The Morgan fingerprint density at radius 2 is 2.00 bits per heavy atom. The van der Waals surface area contributed by atoms with Crippen LogP contribution < -0.4 is 5.73 Å². The third-order valence-electron chi connectivity index (χ3n) is 3.74. The molecule has 3 rings (SSSR count). The molecule has 1 aromatic heterocycles. The molecule has 5 heteroatoms. The summed E-state index contributed by atoms with van der Waals surface area (Å²) in [6.07, 6.45) is 2.08. The predicted octanol–water partition coefficient (Wildman–Crippen LogP) is 3.14. The minimum Gasteiger partial charge on any atom is -0.370 e. The van der Waals surface area contributed by atoms with Gasteiger partial charge in [-0.15, -0.1) is 0 Å². The van der Waals surface area contributed by atoms with Crippen LogP contribution in [0.3, 0.4) is 0 Å². The fourth-order valence-corrected chi connectivity index (χ4v) is 2.57. The van der Waals surface area contributed by atoms with E-state index in [4.69, 9.17) is 5.73 Å². The highest BCUT2D eigenvalue weighted by atomic mass is 19.1. The number of benzene rings is 2. The molecule has 1 amide bonds. The molecule has 2 N–H and O–H groups in total. The molecule has 0 saturated heterocycles.